The van der Waals surface area contributed by atoms with Gasteiger partial charge in [-0.2, -0.15) is 0 Å². The van der Waals surface area contributed by atoms with E-state index in [1.807, 2.05) is 6.07 Å². The molecule has 1 saturated carbocycles. The van der Waals surface area contributed by atoms with Crippen molar-refractivity contribution in [2.45, 2.75) is 38.7 Å². The van der Waals surface area contributed by atoms with Crippen molar-refractivity contribution >= 4 is 38.9 Å². The molecule has 0 aromatic carbocycles. The van der Waals surface area contributed by atoms with E-state index < -0.39 is 6.10 Å². The van der Waals surface area contributed by atoms with Crippen LogP contribution in [0.4, 0.5) is 0 Å². The van der Waals surface area contributed by atoms with Crippen LogP contribution in [0, 0.1) is 11.3 Å². The molecule has 0 saturated heterocycles. The molecule has 18 heavy (non-hydrogen) atoms. The lowest BCUT2D eigenvalue weighted by atomic mass is 9.66. The van der Waals surface area contributed by atoms with Crippen molar-refractivity contribution in [2.24, 2.45) is 17.1 Å². The minimum absolute atomic E-state index is 0.175. The SMILES string of the molecule is CC1CCCC(CN)(C(O)c2cc(Br)c(Cl)s2)C1. The van der Waals surface area contributed by atoms with Gasteiger partial charge >= 0.3 is 0 Å². The molecule has 2 rings (SSSR count). The number of aliphatic hydroxyl groups is 1. The number of hydrogen-bond acceptors (Lipinski definition) is 3. The van der Waals surface area contributed by atoms with Gasteiger partial charge in [0.05, 0.1) is 6.10 Å². The summed E-state index contributed by atoms with van der Waals surface area (Å²) in [6, 6.07) is 1.92. The van der Waals surface area contributed by atoms with Crippen molar-refractivity contribution in [1.82, 2.24) is 0 Å². The molecule has 3 unspecified atom stereocenters. The molecule has 0 radical (unpaired) electrons. The molecule has 0 aliphatic heterocycles. The third-order valence-corrected chi connectivity index (χ3v) is 6.57. The fourth-order valence-electron chi connectivity index (χ4n) is 3.05. The fraction of sp³-hybridized carbons (Fsp3) is 0.692. The molecule has 5 heteroatoms. The normalized spacial score (nSPS) is 30.4. The van der Waals surface area contributed by atoms with Crippen LogP contribution in [-0.2, 0) is 0 Å². The van der Waals surface area contributed by atoms with E-state index in [2.05, 4.69) is 22.9 Å². The maximum Gasteiger partial charge on any atom is 0.107 e. The van der Waals surface area contributed by atoms with Crippen molar-refractivity contribution in [1.29, 1.82) is 0 Å². The van der Waals surface area contributed by atoms with Gasteiger partial charge in [-0.05, 0) is 40.8 Å². The van der Waals surface area contributed by atoms with E-state index in [0.29, 0.717) is 16.8 Å². The number of aliphatic hydroxyl groups excluding tert-OH is 1. The predicted molar refractivity (Wildman–Crippen MR) is 81.1 cm³/mol. The minimum atomic E-state index is -0.501. The third-order valence-electron chi connectivity index (χ3n) is 4.05. The summed E-state index contributed by atoms with van der Waals surface area (Å²) in [6.07, 6.45) is 3.89. The van der Waals surface area contributed by atoms with E-state index in [4.69, 9.17) is 17.3 Å². The summed E-state index contributed by atoms with van der Waals surface area (Å²) in [6.45, 7) is 2.78. The quantitative estimate of drug-likeness (QED) is 0.849. The molecule has 1 fully saturated rings. The Morgan fingerprint density at radius 3 is 2.94 bits per heavy atom. The summed E-state index contributed by atoms with van der Waals surface area (Å²) < 4.78 is 1.55. The summed E-state index contributed by atoms with van der Waals surface area (Å²) in [7, 11) is 0. The molecule has 1 aromatic rings. The first kappa shape index (κ1) is 14.8. The third kappa shape index (κ3) is 2.78. The maximum absolute atomic E-state index is 10.7. The van der Waals surface area contributed by atoms with Crippen molar-refractivity contribution in [3.05, 3.63) is 19.8 Å². The first-order valence-electron chi connectivity index (χ1n) is 6.31. The van der Waals surface area contributed by atoms with Crippen LogP contribution in [0.15, 0.2) is 10.5 Å². The minimum Gasteiger partial charge on any atom is -0.387 e. The van der Waals surface area contributed by atoms with Crippen LogP contribution in [0.1, 0.15) is 43.6 Å². The Labute approximate surface area is 126 Å². The standard InChI is InChI=1S/C13H19BrClNOS/c1-8-3-2-4-13(6-8,7-16)11(17)10-5-9(14)12(15)18-10/h5,8,11,17H,2-4,6-7,16H2,1H3. The largest absolute Gasteiger partial charge is 0.387 e. The molecule has 1 aliphatic rings. The summed E-state index contributed by atoms with van der Waals surface area (Å²) in [5.41, 5.74) is 5.81. The zero-order valence-electron chi connectivity index (χ0n) is 10.5. The lowest BCUT2D eigenvalue weighted by molar-refractivity contribution is -0.0108. The molecular formula is C13H19BrClNOS. The Morgan fingerprint density at radius 2 is 2.44 bits per heavy atom. The Balaban J connectivity index is 2.26. The first-order chi connectivity index (χ1) is 8.48. The van der Waals surface area contributed by atoms with Crippen molar-refractivity contribution < 1.29 is 5.11 Å². The average Bonchev–Trinajstić information content (AvgIpc) is 2.68. The van der Waals surface area contributed by atoms with Gasteiger partial charge in [0.1, 0.15) is 4.34 Å². The predicted octanol–water partition coefficient (Wildman–Crippen LogP) is 4.35. The number of nitrogens with two attached hydrogens (primary N) is 1. The van der Waals surface area contributed by atoms with Gasteiger partial charge in [0.15, 0.2) is 0 Å². The first-order valence-corrected chi connectivity index (χ1v) is 8.30. The molecular weight excluding hydrogens is 334 g/mol. The van der Waals surface area contributed by atoms with Crippen LogP contribution < -0.4 is 5.73 Å². The van der Waals surface area contributed by atoms with Gasteiger partial charge in [0.2, 0.25) is 0 Å². The van der Waals surface area contributed by atoms with Crippen molar-refractivity contribution in [3.63, 3.8) is 0 Å². The van der Waals surface area contributed by atoms with E-state index in [0.717, 1.165) is 28.6 Å². The van der Waals surface area contributed by atoms with Gasteiger partial charge in [-0.15, -0.1) is 11.3 Å². The van der Waals surface area contributed by atoms with Crippen molar-refractivity contribution in [2.75, 3.05) is 6.54 Å². The van der Waals surface area contributed by atoms with Crippen LogP contribution in [0.5, 0.6) is 0 Å². The second-order valence-electron chi connectivity index (χ2n) is 5.44. The molecule has 0 spiro atoms. The van der Waals surface area contributed by atoms with E-state index in [-0.39, 0.29) is 5.41 Å². The summed E-state index contributed by atoms with van der Waals surface area (Å²) in [4.78, 5) is 0.923. The summed E-state index contributed by atoms with van der Waals surface area (Å²) in [5, 5.41) is 10.7. The lowest BCUT2D eigenvalue weighted by Crippen LogP contribution is -2.40. The number of thiophene rings is 1. The highest BCUT2D eigenvalue weighted by atomic mass is 79.9. The second kappa shape index (κ2) is 5.80. The monoisotopic (exact) mass is 351 g/mol. The molecule has 3 N–H and O–H groups in total. The Bertz CT molecular complexity index is 406. The van der Waals surface area contributed by atoms with Gasteiger partial charge in [-0.25, -0.2) is 0 Å². The molecule has 1 heterocycles. The Hall–Kier alpha value is 0.390. The molecule has 3 atom stereocenters. The molecule has 0 bridgehead atoms. The van der Waals surface area contributed by atoms with E-state index in [9.17, 15) is 5.11 Å². The van der Waals surface area contributed by atoms with Gasteiger partial charge in [-0.3, -0.25) is 0 Å². The van der Waals surface area contributed by atoms with Crippen LogP contribution in [0.3, 0.4) is 0 Å². The zero-order chi connectivity index (χ0) is 13.3. The van der Waals surface area contributed by atoms with Crippen LogP contribution in [0.25, 0.3) is 0 Å². The second-order valence-corrected chi connectivity index (χ2v) is 7.98. The Morgan fingerprint density at radius 1 is 1.72 bits per heavy atom. The summed E-state index contributed by atoms with van der Waals surface area (Å²) in [5.74, 6) is 0.635. The molecule has 1 aromatic heterocycles. The highest BCUT2D eigenvalue weighted by Gasteiger charge is 2.41. The maximum atomic E-state index is 10.7. The van der Waals surface area contributed by atoms with Crippen LogP contribution in [0.2, 0.25) is 4.34 Å². The van der Waals surface area contributed by atoms with Gasteiger partial charge in [-0.1, -0.05) is 31.4 Å². The van der Waals surface area contributed by atoms with E-state index in [1.54, 1.807) is 0 Å². The van der Waals surface area contributed by atoms with Crippen LogP contribution >= 0.6 is 38.9 Å². The highest BCUT2D eigenvalue weighted by molar-refractivity contribution is 9.10. The van der Waals surface area contributed by atoms with Crippen LogP contribution in [-0.4, -0.2) is 11.7 Å². The number of hydrogen-bond donors (Lipinski definition) is 2. The lowest BCUT2D eigenvalue weighted by Gasteiger charge is -2.42. The molecule has 1 aliphatic carbocycles. The topological polar surface area (TPSA) is 46.2 Å². The molecule has 102 valence electrons. The van der Waals surface area contributed by atoms with E-state index >= 15 is 0 Å². The van der Waals surface area contributed by atoms with Crippen molar-refractivity contribution in [3.8, 4) is 0 Å². The van der Waals surface area contributed by atoms with E-state index in [1.165, 1.54) is 17.8 Å². The number of halogens is 2. The van der Waals surface area contributed by atoms with Gasteiger partial charge in [0.25, 0.3) is 0 Å². The van der Waals surface area contributed by atoms with Gasteiger partial charge in [0, 0.05) is 21.3 Å². The van der Waals surface area contributed by atoms with Gasteiger partial charge < -0.3 is 10.8 Å². The molecule has 0 amide bonds. The Kier molecular flexibility index (Phi) is 4.76. The fourth-order valence-corrected chi connectivity index (χ4v) is 4.91. The average molecular weight is 353 g/mol. The highest BCUT2D eigenvalue weighted by Crippen LogP contribution is 2.49. The number of rotatable bonds is 3. The summed E-state index contributed by atoms with van der Waals surface area (Å²) >= 11 is 10.9. The molecule has 2 nitrogen and oxygen atoms in total. The zero-order valence-corrected chi connectivity index (χ0v) is 13.6. The smallest absolute Gasteiger partial charge is 0.107 e.